The van der Waals surface area contributed by atoms with E-state index in [9.17, 15) is 0 Å². The fraction of sp³-hybridized carbons (Fsp3) is 0.615. The first kappa shape index (κ1) is 14.9. The lowest BCUT2D eigenvalue weighted by molar-refractivity contribution is 0.0642. The zero-order valence-corrected chi connectivity index (χ0v) is 11.1. The molecule has 1 heterocycles. The van der Waals surface area contributed by atoms with E-state index in [4.69, 9.17) is 14.2 Å². The Morgan fingerprint density at radius 1 is 1.22 bits per heavy atom. The molecular formula is C13H22N2O3. The first-order valence-corrected chi connectivity index (χ1v) is 6.16. The van der Waals surface area contributed by atoms with Crippen LogP contribution in [0.15, 0.2) is 18.3 Å². The molecule has 5 nitrogen and oxygen atoms in total. The minimum absolute atomic E-state index is 0.614. The summed E-state index contributed by atoms with van der Waals surface area (Å²) in [6, 6.07) is 3.92. The van der Waals surface area contributed by atoms with Crippen molar-refractivity contribution < 1.29 is 14.2 Å². The molecule has 5 heteroatoms. The average molecular weight is 254 g/mol. The second kappa shape index (κ2) is 9.82. The van der Waals surface area contributed by atoms with E-state index in [0.29, 0.717) is 32.3 Å². The van der Waals surface area contributed by atoms with Crippen LogP contribution in [0.3, 0.4) is 0 Å². The van der Waals surface area contributed by atoms with Gasteiger partial charge in [0.1, 0.15) is 0 Å². The summed E-state index contributed by atoms with van der Waals surface area (Å²) in [5.41, 5.74) is 1.17. The van der Waals surface area contributed by atoms with Crippen molar-refractivity contribution in [2.75, 3.05) is 40.6 Å². The molecule has 0 aromatic carbocycles. The summed E-state index contributed by atoms with van der Waals surface area (Å²) in [5.74, 6) is 0.666. The minimum atomic E-state index is 0.614. The largest absolute Gasteiger partial charge is 0.478 e. The number of pyridine rings is 1. The van der Waals surface area contributed by atoms with E-state index in [-0.39, 0.29) is 0 Å². The van der Waals surface area contributed by atoms with Crippen LogP contribution in [0.25, 0.3) is 0 Å². The van der Waals surface area contributed by atoms with E-state index < -0.39 is 0 Å². The van der Waals surface area contributed by atoms with Crippen LogP contribution in [-0.2, 0) is 16.0 Å². The Kier molecular flexibility index (Phi) is 8.12. The topological polar surface area (TPSA) is 52.6 Å². The standard InChI is InChI=1S/C13H22N2O3/c1-14-11-12-4-5-15-13(10-12)18-7-3-6-17-9-8-16-2/h4-5,10,14H,3,6-9,11H2,1-2H3. The van der Waals surface area contributed by atoms with E-state index in [2.05, 4.69) is 10.3 Å². The van der Waals surface area contributed by atoms with Gasteiger partial charge in [-0.25, -0.2) is 4.98 Å². The molecule has 0 radical (unpaired) electrons. The third-order valence-corrected chi connectivity index (χ3v) is 2.29. The predicted octanol–water partition coefficient (Wildman–Crippen LogP) is 1.23. The second-order valence-corrected chi connectivity index (χ2v) is 3.84. The number of hydrogen-bond donors (Lipinski definition) is 1. The van der Waals surface area contributed by atoms with Gasteiger partial charge >= 0.3 is 0 Å². The molecule has 0 amide bonds. The summed E-state index contributed by atoms with van der Waals surface area (Å²) in [6.45, 7) is 3.38. The Hall–Kier alpha value is -1.17. The van der Waals surface area contributed by atoms with E-state index in [1.165, 1.54) is 5.56 Å². The average Bonchev–Trinajstić information content (AvgIpc) is 2.39. The molecule has 1 rings (SSSR count). The van der Waals surface area contributed by atoms with E-state index in [1.54, 1.807) is 13.3 Å². The fourth-order valence-electron chi connectivity index (χ4n) is 1.43. The molecule has 18 heavy (non-hydrogen) atoms. The molecule has 0 aliphatic carbocycles. The molecule has 0 saturated heterocycles. The lowest BCUT2D eigenvalue weighted by Crippen LogP contribution is -2.08. The van der Waals surface area contributed by atoms with Gasteiger partial charge in [0.25, 0.3) is 0 Å². The highest BCUT2D eigenvalue weighted by Gasteiger charge is 1.98. The van der Waals surface area contributed by atoms with Crippen LogP contribution >= 0.6 is 0 Å². The van der Waals surface area contributed by atoms with Crippen LogP contribution in [0.5, 0.6) is 5.88 Å². The highest BCUT2D eigenvalue weighted by molar-refractivity contribution is 5.20. The Morgan fingerprint density at radius 2 is 2.11 bits per heavy atom. The van der Waals surface area contributed by atoms with Crippen molar-refractivity contribution in [3.63, 3.8) is 0 Å². The summed E-state index contributed by atoms with van der Waals surface area (Å²) in [5, 5.41) is 3.09. The van der Waals surface area contributed by atoms with Crippen molar-refractivity contribution in [3.8, 4) is 5.88 Å². The number of hydrogen-bond acceptors (Lipinski definition) is 5. The van der Waals surface area contributed by atoms with Gasteiger partial charge in [0.2, 0.25) is 5.88 Å². The Balaban J connectivity index is 2.13. The van der Waals surface area contributed by atoms with Gasteiger partial charge in [-0.2, -0.15) is 0 Å². The SMILES string of the molecule is CNCc1ccnc(OCCCOCCOC)c1. The van der Waals surface area contributed by atoms with Crippen molar-refractivity contribution in [3.05, 3.63) is 23.9 Å². The van der Waals surface area contributed by atoms with Crippen LogP contribution in [0.1, 0.15) is 12.0 Å². The zero-order valence-electron chi connectivity index (χ0n) is 11.1. The highest BCUT2D eigenvalue weighted by Crippen LogP contribution is 2.09. The quantitative estimate of drug-likeness (QED) is 0.637. The van der Waals surface area contributed by atoms with Crippen LogP contribution in [-0.4, -0.2) is 45.6 Å². The molecular weight excluding hydrogens is 232 g/mol. The third kappa shape index (κ3) is 6.54. The van der Waals surface area contributed by atoms with E-state index in [0.717, 1.165) is 13.0 Å². The lowest BCUT2D eigenvalue weighted by atomic mass is 10.3. The van der Waals surface area contributed by atoms with Crippen molar-refractivity contribution >= 4 is 0 Å². The molecule has 102 valence electrons. The maximum absolute atomic E-state index is 5.55. The molecule has 0 fully saturated rings. The smallest absolute Gasteiger partial charge is 0.213 e. The van der Waals surface area contributed by atoms with Gasteiger partial charge < -0.3 is 19.5 Å². The van der Waals surface area contributed by atoms with Crippen molar-refractivity contribution in [2.24, 2.45) is 0 Å². The summed E-state index contributed by atoms with van der Waals surface area (Å²) in [6.07, 6.45) is 2.61. The van der Waals surface area contributed by atoms with Gasteiger partial charge in [0.05, 0.1) is 19.8 Å². The molecule has 0 aliphatic rings. The van der Waals surface area contributed by atoms with Crippen LogP contribution in [0, 0.1) is 0 Å². The summed E-state index contributed by atoms with van der Waals surface area (Å²) >= 11 is 0. The Labute approximate surface area is 108 Å². The van der Waals surface area contributed by atoms with Gasteiger partial charge in [-0.1, -0.05) is 0 Å². The Bertz CT molecular complexity index is 321. The van der Waals surface area contributed by atoms with E-state index >= 15 is 0 Å². The molecule has 0 saturated carbocycles. The number of nitrogens with zero attached hydrogens (tertiary/aromatic N) is 1. The van der Waals surface area contributed by atoms with Crippen LogP contribution in [0.4, 0.5) is 0 Å². The molecule has 1 aromatic heterocycles. The molecule has 0 atom stereocenters. The number of aromatic nitrogens is 1. The Morgan fingerprint density at radius 3 is 2.89 bits per heavy atom. The monoisotopic (exact) mass is 254 g/mol. The summed E-state index contributed by atoms with van der Waals surface area (Å²) < 4.78 is 15.8. The van der Waals surface area contributed by atoms with Crippen LogP contribution in [0.2, 0.25) is 0 Å². The van der Waals surface area contributed by atoms with Gasteiger partial charge in [-0.15, -0.1) is 0 Å². The minimum Gasteiger partial charge on any atom is -0.478 e. The molecule has 0 bridgehead atoms. The summed E-state index contributed by atoms with van der Waals surface area (Å²) in [7, 11) is 3.58. The van der Waals surface area contributed by atoms with Crippen molar-refractivity contribution in [1.29, 1.82) is 0 Å². The normalized spacial score (nSPS) is 10.6. The maximum atomic E-state index is 5.55. The van der Waals surface area contributed by atoms with Crippen molar-refractivity contribution in [1.82, 2.24) is 10.3 Å². The summed E-state index contributed by atoms with van der Waals surface area (Å²) in [4.78, 5) is 4.16. The number of nitrogens with one attached hydrogen (secondary N) is 1. The molecule has 0 unspecified atom stereocenters. The maximum Gasteiger partial charge on any atom is 0.213 e. The predicted molar refractivity (Wildman–Crippen MR) is 69.8 cm³/mol. The van der Waals surface area contributed by atoms with E-state index in [1.807, 2.05) is 19.2 Å². The van der Waals surface area contributed by atoms with Gasteiger partial charge in [0.15, 0.2) is 0 Å². The number of methoxy groups -OCH3 is 1. The van der Waals surface area contributed by atoms with Crippen molar-refractivity contribution in [2.45, 2.75) is 13.0 Å². The molecule has 0 aliphatic heterocycles. The highest BCUT2D eigenvalue weighted by atomic mass is 16.5. The fourth-order valence-corrected chi connectivity index (χ4v) is 1.43. The lowest BCUT2D eigenvalue weighted by Gasteiger charge is -2.07. The zero-order chi connectivity index (χ0) is 13.1. The third-order valence-electron chi connectivity index (χ3n) is 2.29. The van der Waals surface area contributed by atoms with Gasteiger partial charge in [0, 0.05) is 38.9 Å². The molecule has 0 spiro atoms. The first-order chi connectivity index (χ1) is 8.86. The molecule has 1 N–H and O–H groups in total. The number of rotatable bonds is 10. The first-order valence-electron chi connectivity index (χ1n) is 6.16. The number of ether oxygens (including phenoxy) is 3. The van der Waals surface area contributed by atoms with Crippen LogP contribution < -0.4 is 10.1 Å². The van der Waals surface area contributed by atoms with Gasteiger partial charge in [-0.3, -0.25) is 0 Å². The van der Waals surface area contributed by atoms with Gasteiger partial charge in [-0.05, 0) is 18.7 Å². The molecule has 1 aromatic rings. The second-order valence-electron chi connectivity index (χ2n) is 3.84.